The largest absolute Gasteiger partial charge is 0.384 e. The number of carbonyl (C=O) groups excluding carboxylic acids is 1. The fourth-order valence-corrected chi connectivity index (χ4v) is 2.83. The lowest BCUT2D eigenvalue weighted by atomic mass is 10.2. The molecule has 9 heteroatoms. The number of rotatable bonds is 6. The molecule has 0 aliphatic carbocycles. The number of hydrogen-bond acceptors (Lipinski definition) is 5. The number of hydrogen-bond donors (Lipinski definition) is 2. The summed E-state index contributed by atoms with van der Waals surface area (Å²) in [7, 11) is 0. The number of aromatic nitrogens is 3. The van der Waals surface area contributed by atoms with Crippen molar-refractivity contribution in [2.75, 3.05) is 11.9 Å². The second-order valence-corrected chi connectivity index (χ2v) is 7.29. The van der Waals surface area contributed by atoms with Gasteiger partial charge in [-0.1, -0.05) is 5.16 Å². The number of nitrogens with two attached hydrogens (primary N) is 1. The third-order valence-electron chi connectivity index (χ3n) is 3.76. The Morgan fingerprint density at radius 3 is 2.61 bits per heavy atom. The average Bonchev–Trinajstić information content (AvgIpc) is 3.02. The zero-order chi connectivity index (χ0) is 20.1. The third kappa shape index (κ3) is 5.06. The normalized spacial score (nSPS) is 11.3. The van der Waals surface area contributed by atoms with Crippen molar-refractivity contribution in [3.05, 3.63) is 69.2 Å². The molecule has 0 unspecified atom stereocenters. The van der Waals surface area contributed by atoms with Gasteiger partial charge in [-0.05, 0) is 78.9 Å². The van der Waals surface area contributed by atoms with Crippen LogP contribution >= 0.6 is 22.6 Å². The fourth-order valence-electron chi connectivity index (χ4n) is 2.47. The van der Waals surface area contributed by atoms with Gasteiger partial charge in [0, 0.05) is 26.7 Å². The van der Waals surface area contributed by atoms with E-state index in [1.165, 1.54) is 0 Å². The average molecular weight is 490 g/mol. The standard InChI is InChI=1S/C19H19IN6O2/c1-12-9-13(2)26(24-12)17-8-3-14(10-22-17)19(21)25-28-11-18(27)23-16-6-4-15(20)5-7-16/h3-10H,11H2,1-2H3,(H2,21,25)(H,23,27). The van der Waals surface area contributed by atoms with Crippen molar-refractivity contribution < 1.29 is 9.63 Å². The number of nitrogens with one attached hydrogen (secondary N) is 1. The number of anilines is 1. The van der Waals surface area contributed by atoms with Crippen LogP contribution in [0.15, 0.2) is 53.8 Å². The van der Waals surface area contributed by atoms with E-state index in [0.717, 1.165) is 15.0 Å². The molecule has 0 aliphatic heterocycles. The maximum Gasteiger partial charge on any atom is 0.265 e. The number of pyridine rings is 1. The molecule has 0 bridgehead atoms. The highest BCUT2D eigenvalue weighted by atomic mass is 127. The van der Waals surface area contributed by atoms with Crippen LogP contribution in [-0.4, -0.2) is 33.1 Å². The first-order valence-electron chi connectivity index (χ1n) is 8.43. The van der Waals surface area contributed by atoms with Crippen LogP contribution in [0, 0.1) is 17.4 Å². The molecule has 3 N–H and O–H groups in total. The highest BCUT2D eigenvalue weighted by Crippen LogP contribution is 2.11. The van der Waals surface area contributed by atoms with Crippen LogP contribution < -0.4 is 11.1 Å². The minimum absolute atomic E-state index is 0.134. The summed E-state index contributed by atoms with van der Waals surface area (Å²) >= 11 is 2.19. The molecule has 0 atom stereocenters. The topological polar surface area (TPSA) is 107 Å². The lowest BCUT2D eigenvalue weighted by Crippen LogP contribution is -2.19. The summed E-state index contributed by atoms with van der Waals surface area (Å²) in [6.07, 6.45) is 1.58. The van der Waals surface area contributed by atoms with E-state index >= 15 is 0 Å². The van der Waals surface area contributed by atoms with Gasteiger partial charge in [0.15, 0.2) is 18.3 Å². The maximum absolute atomic E-state index is 11.9. The van der Waals surface area contributed by atoms with Gasteiger partial charge in [-0.25, -0.2) is 9.67 Å². The van der Waals surface area contributed by atoms with Crippen LogP contribution in [0.1, 0.15) is 17.0 Å². The minimum Gasteiger partial charge on any atom is -0.384 e. The Kier molecular flexibility index (Phi) is 6.24. The van der Waals surface area contributed by atoms with E-state index in [0.29, 0.717) is 17.1 Å². The molecule has 2 aromatic heterocycles. The summed E-state index contributed by atoms with van der Waals surface area (Å²) in [5.74, 6) is 0.491. The zero-order valence-electron chi connectivity index (χ0n) is 15.4. The minimum atomic E-state index is -0.323. The van der Waals surface area contributed by atoms with E-state index in [4.69, 9.17) is 10.6 Å². The molecule has 8 nitrogen and oxygen atoms in total. The number of carbonyl (C=O) groups is 1. The van der Waals surface area contributed by atoms with Crippen LogP contribution in [0.25, 0.3) is 5.82 Å². The first kappa shape index (κ1) is 19.8. The van der Waals surface area contributed by atoms with Crippen LogP contribution in [-0.2, 0) is 9.63 Å². The number of nitrogens with zero attached hydrogens (tertiary/aromatic N) is 4. The van der Waals surface area contributed by atoms with Gasteiger partial charge < -0.3 is 15.9 Å². The Morgan fingerprint density at radius 2 is 2.00 bits per heavy atom. The van der Waals surface area contributed by atoms with E-state index in [-0.39, 0.29) is 18.3 Å². The maximum atomic E-state index is 11.9. The van der Waals surface area contributed by atoms with Gasteiger partial charge in [0.05, 0.1) is 5.69 Å². The number of benzene rings is 1. The molecule has 0 radical (unpaired) electrons. The predicted octanol–water partition coefficient (Wildman–Crippen LogP) is 2.76. The fraction of sp³-hybridized carbons (Fsp3) is 0.158. The SMILES string of the molecule is Cc1cc(C)n(-c2ccc(/C(N)=N/OCC(=O)Nc3ccc(I)cc3)cn2)n1. The summed E-state index contributed by atoms with van der Waals surface area (Å²) in [5, 5.41) is 10.9. The van der Waals surface area contributed by atoms with Crippen molar-refractivity contribution in [1.29, 1.82) is 0 Å². The molecule has 2 heterocycles. The Bertz CT molecular complexity index is 996. The molecule has 28 heavy (non-hydrogen) atoms. The van der Waals surface area contributed by atoms with Crippen LogP contribution in [0.4, 0.5) is 5.69 Å². The van der Waals surface area contributed by atoms with Crippen molar-refractivity contribution in [1.82, 2.24) is 14.8 Å². The summed E-state index contributed by atoms with van der Waals surface area (Å²) < 4.78 is 2.83. The van der Waals surface area contributed by atoms with Crippen LogP contribution in [0.5, 0.6) is 0 Å². The first-order chi connectivity index (χ1) is 13.4. The molecule has 0 saturated carbocycles. The van der Waals surface area contributed by atoms with E-state index < -0.39 is 0 Å². The molecular formula is C19H19IN6O2. The monoisotopic (exact) mass is 490 g/mol. The Hall–Kier alpha value is -2.95. The Morgan fingerprint density at radius 1 is 1.25 bits per heavy atom. The van der Waals surface area contributed by atoms with Crippen molar-refractivity contribution in [2.24, 2.45) is 10.9 Å². The summed E-state index contributed by atoms with van der Waals surface area (Å²) in [4.78, 5) is 21.3. The van der Waals surface area contributed by atoms with Crippen molar-refractivity contribution >= 4 is 40.0 Å². The second-order valence-electron chi connectivity index (χ2n) is 6.05. The Labute approximate surface area is 175 Å². The lowest BCUT2D eigenvalue weighted by molar-refractivity contribution is -0.120. The second kappa shape index (κ2) is 8.83. The number of amides is 1. The van der Waals surface area contributed by atoms with Gasteiger partial charge in [-0.15, -0.1) is 0 Å². The number of aryl methyl sites for hydroxylation is 2. The van der Waals surface area contributed by atoms with Gasteiger partial charge in [0.2, 0.25) is 0 Å². The molecule has 1 aromatic carbocycles. The molecular weight excluding hydrogens is 471 g/mol. The van der Waals surface area contributed by atoms with E-state index in [1.54, 1.807) is 23.0 Å². The predicted molar refractivity (Wildman–Crippen MR) is 115 cm³/mol. The highest BCUT2D eigenvalue weighted by molar-refractivity contribution is 14.1. The number of oxime groups is 1. The summed E-state index contributed by atoms with van der Waals surface area (Å²) in [5.41, 5.74) is 9.09. The quantitative estimate of drug-likeness (QED) is 0.239. The number of halogens is 1. The molecule has 3 rings (SSSR count). The summed E-state index contributed by atoms with van der Waals surface area (Å²) in [6, 6.07) is 13.0. The Balaban J connectivity index is 1.56. The van der Waals surface area contributed by atoms with E-state index in [1.807, 2.05) is 44.2 Å². The molecule has 0 fully saturated rings. The van der Waals surface area contributed by atoms with Gasteiger partial charge in [0.1, 0.15) is 0 Å². The van der Waals surface area contributed by atoms with Crippen LogP contribution in [0.3, 0.4) is 0 Å². The lowest BCUT2D eigenvalue weighted by Gasteiger charge is -2.06. The highest BCUT2D eigenvalue weighted by Gasteiger charge is 2.07. The van der Waals surface area contributed by atoms with E-state index in [2.05, 4.69) is 43.1 Å². The zero-order valence-corrected chi connectivity index (χ0v) is 17.5. The van der Waals surface area contributed by atoms with E-state index in [9.17, 15) is 4.79 Å². The van der Waals surface area contributed by atoms with Crippen molar-refractivity contribution in [3.8, 4) is 5.82 Å². The van der Waals surface area contributed by atoms with Gasteiger partial charge in [0.25, 0.3) is 5.91 Å². The third-order valence-corrected chi connectivity index (χ3v) is 4.48. The van der Waals surface area contributed by atoms with Crippen LogP contribution in [0.2, 0.25) is 0 Å². The molecule has 0 spiro atoms. The van der Waals surface area contributed by atoms with Gasteiger partial charge in [-0.3, -0.25) is 4.79 Å². The van der Waals surface area contributed by atoms with Gasteiger partial charge >= 0.3 is 0 Å². The van der Waals surface area contributed by atoms with Crippen molar-refractivity contribution in [2.45, 2.75) is 13.8 Å². The molecule has 1 amide bonds. The molecule has 0 saturated heterocycles. The van der Waals surface area contributed by atoms with Gasteiger partial charge in [-0.2, -0.15) is 5.10 Å². The number of amidine groups is 1. The molecule has 144 valence electrons. The van der Waals surface area contributed by atoms with Crippen molar-refractivity contribution in [3.63, 3.8) is 0 Å². The summed E-state index contributed by atoms with van der Waals surface area (Å²) in [6.45, 7) is 3.64. The molecule has 3 aromatic rings. The smallest absolute Gasteiger partial charge is 0.265 e. The molecule has 0 aliphatic rings. The first-order valence-corrected chi connectivity index (χ1v) is 9.51.